The molecule has 2 atom stereocenters. The van der Waals surface area contributed by atoms with Gasteiger partial charge in [0.1, 0.15) is 5.75 Å². The van der Waals surface area contributed by atoms with Crippen LogP contribution in [0.5, 0.6) is 5.75 Å². The predicted octanol–water partition coefficient (Wildman–Crippen LogP) is 1.26. The van der Waals surface area contributed by atoms with Crippen LogP contribution in [0.25, 0.3) is 11.3 Å². The first kappa shape index (κ1) is 14.3. The van der Waals surface area contributed by atoms with E-state index in [9.17, 15) is 4.79 Å². The molecule has 23 heavy (non-hydrogen) atoms. The Morgan fingerprint density at radius 2 is 2.13 bits per heavy atom. The molecule has 6 heteroatoms. The van der Waals surface area contributed by atoms with Crippen molar-refractivity contribution in [2.75, 3.05) is 26.7 Å². The molecule has 1 amide bonds. The van der Waals surface area contributed by atoms with E-state index in [2.05, 4.69) is 20.4 Å². The van der Waals surface area contributed by atoms with E-state index in [1.165, 1.54) is 0 Å². The van der Waals surface area contributed by atoms with Gasteiger partial charge in [0, 0.05) is 43.2 Å². The number of benzene rings is 1. The number of ether oxygens (including phenoxy) is 1. The number of hydrogen-bond donors (Lipinski definition) is 2. The molecule has 2 fully saturated rings. The van der Waals surface area contributed by atoms with Crippen molar-refractivity contribution in [1.29, 1.82) is 0 Å². The first-order chi connectivity index (χ1) is 11.2. The molecule has 3 heterocycles. The highest BCUT2D eigenvalue weighted by molar-refractivity contribution is 5.81. The van der Waals surface area contributed by atoms with Crippen molar-refractivity contribution in [2.45, 2.75) is 6.54 Å². The summed E-state index contributed by atoms with van der Waals surface area (Å²) in [5, 5.41) is 10.3. The zero-order chi connectivity index (χ0) is 15.8. The summed E-state index contributed by atoms with van der Waals surface area (Å²) in [6.07, 6.45) is 1.88. The molecule has 4 rings (SSSR count). The van der Waals surface area contributed by atoms with E-state index < -0.39 is 0 Å². The van der Waals surface area contributed by atoms with Crippen molar-refractivity contribution in [2.24, 2.45) is 11.8 Å². The van der Waals surface area contributed by atoms with Crippen molar-refractivity contribution in [1.82, 2.24) is 20.4 Å². The fourth-order valence-electron chi connectivity index (χ4n) is 3.64. The number of carbonyl (C=O) groups is 1. The van der Waals surface area contributed by atoms with Crippen molar-refractivity contribution in [3.63, 3.8) is 0 Å². The monoisotopic (exact) mass is 312 g/mol. The van der Waals surface area contributed by atoms with Gasteiger partial charge in [-0.25, -0.2) is 0 Å². The molecule has 2 N–H and O–H groups in total. The van der Waals surface area contributed by atoms with Crippen LogP contribution in [0, 0.1) is 11.8 Å². The molecule has 2 aromatic rings. The van der Waals surface area contributed by atoms with Gasteiger partial charge in [0.25, 0.3) is 0 Å². The fourth-order valence-corrected chi connectivity index (χ4v) is 3.64. The molecule has 1 aromatic carbocycles. The highest BCUT2D eigenvalue weighted by atomic mass is 16.5. The molecule has 2 aliphatic heterocycles. The number of hydrogen-bond acceptors (Lipinski definition) is 4. The Bertz CT molecular complexity index is 710. The zero-order valence-electron chi connectivity index (χ0n) is 13.1. The fraction of sp³-hybridized carbons (Fsp3) is 0.412. The largest absolute Gasteiger partial charge is 0.497 e. The van der Waals surface area contributed by atoms with E-state index in [1.54, 1.807) is 7.11 Å². The van der Waals surface area contributed by atoms with Gasteiger partial charge in [0.2, 0.25) is 5.91 Å². The quantitative estimate of drug-likeness (QED) is 0.892. The highest BCUT2D eigenvalue weighted by Gasteiger charge is 2.41. The van der Waals surface area contributed by atoms with Gasteiger partial charge >= 0.3 is 0 Å². The van der Waals surface area contributed by atoms with E-state index >= 15 is 0 Å². The van der Waals surface area contributed by atoms with Crippen LogP contribution >= 0.6 is 0 Å². The Hall–Kier alpha value is -2.34. The maximum Gasteiger partial charge on any atom is 0.224 e. The molecule has 0 aliphatic carbocycles. The number of fused-ring (bicyclic) bond motifs is 1. The number of rotatable bonds is 4. The Kier molecular flexibility index (Phi) is 3.53. The maximum absolute atomic E-state index is 11.8. The number of aromatic nitrogens is 2. The minimum Gasteiger partial charge on any atom is -0.497 e. The summed E-state index contributed by atoms with van der Waals surface area (Å²) in [6.45, 7) is 3.44. The van der Waals surface area contributed by atoms with Crippen molar-refractivity contribution >= 4 is 5.91 Å². The normalized spacial score (nSPS) is 23.8. The molecular weight excluding hydrogens is 292 g/mol. The number of methoxy groups -OCH3 is 1. The van der Waals surface area contributed by atoms with Gasteiger partial charge in [0.05, 0.1) is 24.9 Å². The third-order valence-electron chi connectivity index (χ3n) is 4.88. The van der Waals surface area contributed by atoms with Crippen LogP contribution in [0.15, 0.2) is 30.5 Å². The van der Waals surface area contributed by atoms with E-state index in [-0.39, 0.29) is 11.8 Å². The number of amides is 1. The van der Waals surface area contributed by atoms with Gasteiger partial charge in [-0.3, -0.25) is 14.8 Å². The molecule has 0 spiro atoms. The summed E-state index contributed by atoms with van der Waals surface area (Å²) in [4.78, 5) is 14.1. The van der Waals surface area contributed by atoms with Crippen LogP contribution in [0.4, 0.5) is 0 Å². The summed E-state index contributed by atoms with van der Waals surface area (Å²) in [6, 6.07) is 7.96. The van der Waals surface area contributed by atoms with Crippen LogP contribution in [0.3, 0.4) is 0 Å². The van der Waals surface area contributed by atoms with E-state index in [1.807, 2.05) is 30.5 Å². The molecule has 0 bridgehead atoms. The second-order valence-electron chi connectivity index (χ2n) is 6.30. The molecule has 0 saturated carbocycles. The number of carbonyl (C=O) groups excluding carboxylic acids is 1. The third-order valence-corrected chi connectivity index (χ3v) is 4.88. The van der Waals surface area contributed by atoms with E-state index in [0.717, 1.165) is 48.7 Å². The second kappa shape index (κ2) is 5.70. The molecule has 0 unspecified atom stereocenters. The van der Waals surface area contributed by atoms with Crippen LogP contribution in [0.1, 0.15) is 5.56 Å². The molecule has 2 saturated heterocycles. The van der Waals surface area contributed by atoms with Crippen LogP contribution in [-0.4, -0.2) is 47.7 Å². The SMILES string of the molecule is COc1ccc(-c2[nH]ncc2CN2C[C@@H]3CNC(=O)[C@@H]3C2)cc1. The average molecular weight is 312 g/mol. The molecule has 0 radical (unpaired) electrons. The lowest BCUT2D eigenvalue weighted by Crippen LogP contribution is -2.28. The molecule has 120 valence electrons. The minimum atomic E-state index is 0.159. The zero-order valence-corrected chi connectivity index (χ0v) is 13.1. The van der Waals surface area contributed by atoms with E-state index in [4.69, 9.17) is 4.74 Å². The summed E-state index contributed by atoms with van der Waals surface area (Å²) < 4.78 is 5.20. The summed E-state index contributed by atoms with van der Waals surface area (Å²) in [7, 11) is 1.66. The van der Waals surface area contributed by atoms with Crippen molar-refractivity contribution < 1.29 is 9.53 Å². The first-order valence-electron chi connectivity index (χ1n) is 7.91. The van der Waals surface area contributed by atoms with Gasteiger partial charge in [-0.1, -0.05) is 0 Å². The summed E-state index contributed by atoms with van der Waals surface area (Å²) in [5.74, 6) is 1.67. The van der Waals surface area contributed by atoms with Gasteiger partial charge in [0.15, 0.2) is 0 Å². The maximum atomic E-state index is 11.8. The minimum absolute atomic E-state index is 0.159. The highest BCUT2D eigenvalue weighted by Crippen LogP contribution is 2.30. The molecule has 1 aromatic heterocycles. The van der Waals surface area contributed by atoms with Crippen molar-refractivity contribution in [3.8, 4) is 17.0 Å². The Morgan fingerprint density at radius 3 is 2.87 bits per heavy atom. The van der Waals surface area contributed by atoms with Gasteiger partial charge in [-0.15, -0.1) is 0 Å². The number of nitrogens with one attached hydrogen (secondary N) is 2. The number of nitrogens with zero attached hydrogens (tertiary/aromatic N) is 2. The molecule has 2 aliphatic rings. The second-order valence-corrected chi connectivity index (χ2v) is 6.30. The van der Waals surface area contributed by atoms with Gasteiger partial charge < -0.3 is 10.1 Å². The van der Waals surface area contributed by atoms with Gasteiger partial charge in [-0.2, -0.15) is 5.10 Å². The lowest BCUT2D eigenvalue weighted by Gasteiger charge is -2.16. The summed E-state index contributed by atoms with van der Waals surface area (Å²) in [5.41, 5.74) is 3.29. The first-order valence-corrected chi connectivity index (χ1v) is 7.91. The lowest BCUT2D eigenvalue weighted by molar-refractivity contribution is -0.122. The average Bonchev–Trinajstić information content (AvgIpc) is 3.27. The van der Waals surface area contributed by atoms with Crippen LogP contribution in [0.2, 0.25) is 0 Å². The van der Waals surface area contributed by atoms with Crippen molar-refractivity contribution in [3.05, 3.63) is 36.0 Å². The summed E-state index contributed by atoms with van der Waals surface area (Å²) >= 11 is 0. The van der Waals surface area contributed by atoms with Crippen LogP contribution in [-0.2, 0) is 11.3 Å². The number of aromatic amines is 1. The Labute approximate surface area is 134 Å². The topological polar surface area (TPSA) is 70.2 Å². The number of likely N-dealkylation sites (tertiary alicyclic amines) is 1. The van der Waals surface area contributed by atoms with Crippen LogP contribution < -0.4 is 10.1 Å². The molecular formula is C17H20N4O2. The Morgan fingerprint density at radius 1 is 1.30 bits per heavy atom. The third kappa shape index (κ3) is 2.59. The lowest BCUT2D eigenvalue weighted by atomic mass is 10.0. The van der Waals surface area contributed by atoms with E-state index in [0.29, 0.717) is 5.92 Å². The molecule has 6 nitrogen and oxygen atoms in total. The standard InChI is InChI=1S/C17H20N4O2/c1-23-14-4-2-11(3-5-14)16-13(7-19-20-16)9-21-8-12-6-18-17(22)15(12)10-21/h2-5,7,12,15H,6,8-10H2,1H3,(H,18,22)(H,19,20)/t12-,15+/m0/s1. The predicted molar refractivity (Wildman–Crippen MR) is 85.8 cm³/mol. The number of H-pyrrole nitrogens is 1. The Balaban J connectivity index is 1.50. The smallest absolute Gasteiger partial charge is 0.224 e. The van der Waals surface area contributed by atoms with Gasteiger partial charge in [-0.05, 0) is 24.3 Å².